The van der Waals surface area contributed by atoms with Crippen molar-refractivity contribution in [2.75, 3.05) is 7.11 Å². The summed E-state index contributed by atoms with van der Waals surface area (Å²) in [6.45, 7) is 0. The monoisotopic (exact) mass is 306 g/mol. The van der Waals surface area contributed by atoms with E-state index in [1.54, 1.807) is 13.2 Å². The maximum atomic E-state index is 12.2. The molecule has 1 atom stereocenters. The van der Waals surface area contributed by atoms with E-state index in [4.69, 9.17) is 27.9 Å². The number of halogens is 2. The van der Waals surface area contributed by atoms with Crippen LogP contribution in [-0.4, -0.2) is 12.9 Å². The third-order valence-electron chi connectivity index (χ3n) is 3.67. The molecule has 0 fully saturated rings. The molecule has 3 rings (SSSR count). The highest BCUT2D eigenvalue weighted by Gasteiger charge is 2.33. The predicted octanol–water partition coefficient (Wildman–Crippen LogP) is 4.72. The highest BCUT2D eigenvalue weighted by atomic mass is 35.5. The lowest BCUT2D eigenvalue weighted by Crippen LogP contribution is -1.97. The van der Waals surface area contributed by atoms with E-state index in [2.05, 4.69) is 0 Å². The van der Waals surface area contributed by atoms with Gasteiger partial charge in [-0.3, -0.25) is 4.79 Å². The Morgan fingerprint density at radius 2 is 1.95 bits per heavy atom. The molecular weight excluding hydrogens is 295 g/mol. The zero-order valence-corrected chi connectivity index (χ0v) is 12.3. The molecule has 0 bridgehead atoms. The van der Waals surface area contributed by atoms with E-state index in [-0.39, 0.29) is 11.7 Å². The highest BCUT2D eigenvalue weighted by Crippen LogP contribution is 2.42. The summed E-state index contributed by atoms with van der Waals surface area (Å²) >= 11 is 12.0. The van der Waals surface area contributed by atoms with Gasteiger partial charge in [0.1, 0.15) is 5.75 Å². The normalized spacial score (nSPS) is 17.1. The number of methoxy groups -OCH3 is 1. The van der Waals surface area contributed by atoms with Crippen LogP contribution in [0.4, 0.5) is 0 Å². The quantitative estimate of drug-likeness (QED) is 0.802. The van der Waals surface area contributed by atoms with Gasteiger partial charge >= 0.3 is 0 Å². The van der Waals surface area contributed by atoms with Crippen molar-refractivity contribution < 1.29 is 9.53 Å². The van der Waals surface area contributed by atoms with E-state index in [9.17, 15) is 4.79 Å². The van der Waals surface area contributed by atoms with Gasteiger partial charge in [0, 0.05) is 12.3 Å². The summed E-state index contributed by atoms with van der Waals surface area (Å²) in [6.07, 6.45) is 0.438. The minimum Gasteiger partial charge on any atom is -0.496 e. The number of hydrogen-bond acceptors (Lipinski definition) is 2. The Kier molecular flexibility index (Phi) is 3.45. The summed E-state index contributed by atoms with van der Waals surface area (Å²) in [6, 6.07) is 11.2. The number of carbonyl (C=O) groups excluding carboxylic acids is 1. The molecule has 0 radical (unpaired) electrons. The average Bonchev–Trinajstić information content (AvgIpc) is 2.79. The SMILES string of the molecule is COc1cccc2c1C(=O)C[C@@H]2c1ccc(Cl)c(Cl)c1. The first-order valence-electron chi connectivity index (χ1n) is 6.27. The van der Waals surface area contributed by atoms with Gasteiger partial charge in [-0.25, -0.2) is 0 Å². The summed E-state index contributed by atoms with van der Waals surface area (Å²) in [5.74, 6) is 0.756. The second-order valence-corrected chi connectivity index (χ2v) is 5.59. The van der Waals surface area contributed by atoms with Crippen molar-refractivity contribution in [3.8, 4) is 5.75 Å². The number of ether oxygens (including phenoxy) is 1. The van der Waals surface area contributed by atoms with Gasteiger partial charge in [-0.15, -0.1) is 0 Å². The first kappa shape index (κ1) is 13.5. The fraction of sp³-hybridized carbons (Fsp3) is 0.188. The molecule has 0 aliphatic heterocycles. The van der Waals surface area contributed by atoms with E-state index in [1.807, 2.05) is 30.3 Å². The first-order chi connectivity index (χ1) is 9.61. The molecule has 2 aromatic rings. The summed E-state index contributed by atoms with van der Waals surface area (Å²) in [5.41, 5.74) is 2.68. The molecule has 20 heavy (non-hydrogen) atoms. The van der Waals surface area contributed by atoms with Crippen LogP contribution in [0.25, 0.3) is 0 Å². The second-order valence-electron chi connectivity index (χ2n) is 4.78. The average molecular weight is 307 g/mol. The molecule has 0 saturated heterocycles. The van der Waals surface area contributed by atoms with Crippen LogP contribution < -0.4 is 4.74 Å². The molecule has 0 amide bonds. The topological polar surface area (TPSA) is 26.3 Å². The Labute approximate surface area is 127 Å². The van der Waals surface area contributed by atoms with E-state index >= 15 is 0 Å². The number of carbonyl (C=O) groups is 1. The molecular formula is C16H12Cl2O2. The molecule has 0 aromatic heterocycles. The van der Waals surface area contributed by atoms with Crippen LogP contribution in [0.2, 0.25) is 10.0 Å². The molecule has 0 heterocycles. The van der Waals surface area contributed by atoms with Crippen LogP contribution in [0, 0.1) is 0 Å². The minimum absolute atomic E-state index is 0.0161. The minimum atomic E-state index is 0.0161. The van der Waals surface area contributed by atoms with Crippen molar-refractivity contribution in [3.05, 3.63) is 63.1 Å². The fourth-order valence-electron chi connectivity index (χ4n) is 2.73. The maximum absolute atomic E-state index is 12.2. The molecule has 102 valence electrons. The predicted molar refractivity (Wildman–Crippen MR) is 80.2 cm³/mol. The Bertz CT molecular complexity index is 695. The van der Waals surface area contributed by atoms with Gasteiger partial charge in [-0.05, 0) is 29.3 Å². The standard InChI is InChI=1S/C16H12Cl2O2/c1-20-15-4-2-3-10-11(8-14(19)16(10)15)9-5-6-12(17)13(18)7-9/h2-7,11H,8H2,1H3/t11-/m1/s1. The van der Waals surface area contributed by atoms with Crippen molar-refractivity contribution in [3.63, 3.8) is 0 Å². The van der Waals surface area contributed by atoms with Gasteiger partial charge in [-0.1, -0.05) is 41.4 Å². The van der Waals surface area contributed by atoms with Crippen LogP contribution in [0.15, 0.2) is 36.4 Å². The van der Waals surface area contributed by atoms with Crippen LogP contribution in [0.1, 0.15) is 33.8 Å². The van der Waals surface area contributed by atoms with E-state index in [0.29, 0.717) is 27.8 Å². The van der Waals surface area contributed by atoms with Crippen LogP contribution in [0.3, 0.4) is 0 Å². The van der Waals surface area contributed by atoms with Crippen LogP contribution >= 0.6 is 23.2 Å². The second kappa shape index (κ2) is 5.12. The third-order valence-corrected chi connectivity index (χ3v) is 4.41. The zero-order valence-electron chi connectivity index (χ0n) is 10.8. The highest BCUT2D eigenvalue weighted by molar-refractivity contribution is 6.42. The molecule has 0 unspecified atom stereocenters. The maximum Gasteiger partial charge on any atom is 0.167 e. The molecule has 1 aliphatic rings. The number of fused-ring (bicyclic) bond motifs is 1. The van der Waals surface area contributed by atoms with Crippen molar-refractivity contribution >= 4 is 29.0 Å². The molecule has 0 spiro atoms. The Morgan fingerprint density at radius 3 is 2.65 bits per heavy atom. The molecule has 4 heteroatoms. The van der Waals surface area contributed by atoms with Gasteiger partial charge in [0.2, 0.25) is 0 Å². The van der Waals surface area contributed by atoms with E-state index in [0.717, 1.165) is 11.1 Å². The molecule has 2 nitrogen and oxygen atoms in total. The van der Waals surface area contributed by atoms with Gasteiger partial charge in [0.25, 0.3) is 0 Å². The first-order valence-corrected chi connectivity index (χ1v) is 7.02. The fourth-order valence-corrected chi connectivity index (χ4v) is 3.04. The number of rotatable bonds is 2. The van der Waals surface area contributed by atoms with Crippen LogP contribution in [-0.2, 0) is 0 Å². The van der Waals surface area contributed by atoms with Crippen LogP contribution in [0.5, 0.6) is 5.75 Å². The number of Topliss-reactive ketones (excluding diaryl/α,β-unsaturated/α-hetero) is 1. The van der Waals surface area contributed by atoms with Crippen molar-refractivity contribution in [1.82, 2.24) is 0 Å². The summed E-state index contributed by atoms with van der Waals surface area (Å²) in [4.78, 5) is 12.2. The van der Waals surface area contributed by atoms with Gasteiger partial charge in [-0.2, -0.15) is 0 Å². The van der Waals surface area contributed by atoms with E-state index < -0.39 is 0 Å². The van der Waals surface area contributed by atoms with Crippen molar-refractivity contribution in [2.24, 2.45) is 0 Å². The Morgan fingerprint density at radius 1 is 1.15 bits per heavy atom. The van der Waals surface area contributed by atoms with Crippen molar-refractivity contribution in [1.29, 1.82) is 0 Å². The number of hydrogen-bond donors (Lipinski definition) is 0. The molecule has 1 aliphatic carbocycles. The molecule has 0 saturated carbocycles. The third kappa shape index (κ3) is 2.09. The Balaban J connectivity index is 2.11. The Hall–Kier alpha value is -1.51. The van der Waals surface area contributed by atoms with E-state index in [1.165, 1.54) is 0 Å². The number of ketones is 1. The molecule has 2 aromatic carbocycles. The molecule has 0 N–H and O–H groups in total. The lowest BCUT2D eigenvalue weighted by molar-refractivity contribution is 0.0989. The lowest BCUT2D eigenvalue weighted by Gasteiger charge is -2.13. The smallest absolute Gasteiger partial charge is 0.167 e. The van der Waals surface area contributed by atoms with Crippen molar-refractivity contribution in [2.45, 2.75) is 12.3 Å². The summed E-state index contributed by atoms with van der Waals surface area (Å²) in [5, 5.41) is 1.03. The summed E-state index contributed by atoms with van der Waals surface area (Å²) in [7, 11) is 1.58. The van der Waals surface area contributed by atoms with Gasteiger partial charge in [0.15, 0.2) is 5.78 Å². The zero-order chi connectivity index (χ0) is 14.3. The summed E-state index contributed by atoms with van der Waals surface area (Å²) < 4.78 is 5.29. The number of benzene rings is 2. The van der Waals surface area contributed by atoms with Gasteiger partial charge in [0.05, 0.1) is 22.7 Å². The lowest BCUT2D eigenvalue weighted by atomic mass is 9.93. The largest absolute Gasteiger partial charge is 0.496 e. The van der Waals surface area contributed by atoms with Gasteiger partial charge < -0.3 is 4.74 Å².